The second-order valence-corrected chi connectivity index (χ2v) is 3.49. The minimum absolute atomic E-state index is 0.0741. The largest absolute Gasteiger partial charge is 0.359 e. The molecule has 7 heteroatoms. The maximum absolute atomic E-state index is 13.3. The molecule has 98 valence electrons. The third kappa shape index (κ3) is 3.42. The van der Waals surface area contributed by atoms with E-state index in [2.05, 4.69) is 16.1 Å². The van der Waals surface area contributed by atoms with Gasteiger partial charge in [0.2, 0.25) is 5.91 Å². The molecule has 0 bridgehead atoms. The third-order valence-corrected chi connectivity index (χ3v) is 2.32. The summed E-state index contributed by atoms with van der Waals surface area (Å²) in [6, 6.07) is 4.04. The van der Waals surface area contributed by atoms with Gasteiger partial charge in [-0.15, -0.1) is 0 Å². The lowest BCUT2D eigenvalue weighted by molar-refractivity contribution is -0.120. The topological polar surface area (TPSA) is 96.2 Å². The van der Waals surface area contributed by atoms with E-state index >= 15 is 0 Å². The van der Waals surface area contributed by atoms with E-state index in [1.54, 1.807) is 0 Å². The van der Waals surface area contributed by atoms with Gasteiger partial charge in [0.05, 0.1) is 11.3 Å². The molecule has 0 saturated heterocycles. The number of hydrogen-bond acceptors (Lipinski definition) is 4. The van der Waals surface area contributed by atoms with Gasteiger partial charge in [-0.2, -0.15) is 0 Å². The monoisotopic (exact) mass is 254 g/mol. The summed E-state index contributed by atoms with van der Waals surface area (Å²) < 4.78 is 13.3. The molecule has 1 aromatic carbocycles. The molecule has 0 saturated carbocycles. The van der Waals surface area contributed by atoms with Crippen LogP contribution in [-0.2, 0) is 4.79 Å². The number of carbonyl (C=O) groups is 2. The lowest BCUT2D eigenvalue weighted by Crippen LogP contribution is -2.30. The number of nitrogens with two attached hydrogens (primary N) is 1. The number of hydrazine groups is 1. The highest BCUT2D eigenvalue weighted by molar-refractivity contribution is 5.99. The smallest absolute Gasteiger partial charge is 0.253 e. The Bertz CT molecular complexity index is 451. The van der Waals surface area contributed by atoms with E-state index in [0.29, 0.717) is 0 Å². The molecule has 0 heterocycles. The van der Waals surface area contributed by atoms with Gasteiger partial charge in [-0.25, -0.2) is 4.39 Å². The van der Waals surface area contributed by atoms with Crippen molar-refractivity contribution in [2.75, 3.05) is 19.0 Å². The van der Waals surface area contributed by atoms with Crippen LogP contribution in [0.15, 0.2) is 18.2 Å². The number of nitrogen functional groups attached to an aromatic ring is 1. The minimum Gasteiger partial charge on any atom is -0.359 e. The Hall–Kier alpha value is -2.15. The summed E-state index contributed by atoms with van der Waals surface area (Å²) >= 11 is 0. The zero-order valence-corrected chi connectivity index (χ0v) is 9.92. The first kappa shape index (κ1) is 13.9. The molecule has 0 aromatic heterocycles. The van der Waals surface area contributed by atoms with Crippen molar-refractivity contribution < 1.29 is 14.0 Å². The predicted octanol–water partition coefficient (Wildman–Crippen LogP) is -0.0228. The average Bonchev–Trinajstić information content (AvgIpc) is 2.37. The Kier molecular flexibility index (Phi) is 5.06. The first-order valence-corrected chi connectivity index (χ1v) is 5.34. The van der Waals surface area contributed by atoms with Gasteiger partial charge >= 0.3 is 0 Å². The van der Waals surface area contributed by atoms with Gasteiger partial charge < -0.3 is 16.1 Å². The van der Waals surface area contributed by atoms with Crippen LogP contribution in [0.25, 0.3) is 0 Å². The van der Waals surface area contributed by atoms with E-state index in [1.165, 1.54) is 25.2 Å². The molecular formula is C11H15FN4O2. The lowest BCUT2D eigenvalue weighted by atomic mass is 10.1. The molecule has 0 aliphatic heterocycles. The molecule has 5 N–H and O–H groups in total. The Morgan fingerprint density at radius 2 is 2.11 bits per heavy atom. The van der Waals surface area contributed by atoms with E-state index in [0.717, 1.165) is 0 Å². The highest BCUT2D eigenvalue weighted by Crippen LogP contribution is 2.18. The molecule has 0 atom stereocenters. The quantitative estimate of drug-likeness (QED) is 0.438. The van der Waals surface area contributed by atoms with Crippen LogP contribution < -0.4 is 21.9 Å². The summed E-state index contributed by atoms with van der Waals surface area (Å²) in [6.07, 6.45) is 0.156. The number of anilines is 1. The van der Waals surface area contributed by atoms with E-state index in [1.807, 2.05) is 0 Å². The Morgan fingerprint density at radius 3 is 2.72 bits per heavy atom. The summed E-state index contributed by atoms with van der Waals surface area (Å²) in [6.45, 7) is 0.166. The number of halogens is 1. The second-order valence-electron chi connectivity index (χ2n) is 3.49. The molecule has 0 unspecified atom stereocenters. The van der Waals surface area contributed by atoms with Crippen LogP contribution in [0.3, 0.4) is 0 Å². The van der Waals surface area contributed by atoms with Crippen molar-refractivity contribution in [2.24, 2.45) is 5.84 Å². The molecule has 18 heavy (non-hydrogen) atoms. The van der Waals surface area contributed by atoms with Gasteiger partial charge in [-0.1, -0.05) is 6.07 Å². The summed E-state index contributed by atoms with van der Waals surface area (Å²) in [5.41, 5.74) is 2.16. The van der Waals surface area contributed by atoms with Crippen LogP contribution in [-0.4, -0.2) is 25.4 Å². The zero-order chi connectivity index (χ0) is 13.5. The number of hydrogen-bond donors (Lipinski definition) is 4. The second kappa shape index (κ2) is 6.55. The van der Waals surface area contributed by atoms with Crippen LogP contribution in [0.5, 0.6) is 0 Å². The van der Waals surface area contributed by atoms with E-state index < -0.39 is 11.7 Å². The van der Waals surface area contributed by atoms with Crippen LogP contribution in [0, 0.1) is 5.82 Å². The van der Waals surface area contributed by atoms with Gasteiger partial charge in [0.25, 0.3) is 5.91 Å². The summed E-state index contributed by atoms with van der Waals surface area (Å²) in [4.78, 5) is 22.7. The maximum atomic E-state index is 13.3. The van der Waals surface area contributed by atoms with Crippen LogP contribution >= 0.6 is 0 Å². The number of benzene rings is 1. The highest BCUT2D eigenvalue weighted by Gasteiger charge is 2.14. The molecule has 6 nitrogen and oxygen atoms in total. The molecular weight excluding hydrogens is 239 g/mol. The van der Waals surface area contributed by atoms with E-state index in [9.17, 15) is 14.0 Å². The summed E-state index contributed by atoms with van der Waals surface area (Å²) in [7, 11) is 1.51. The van der Waals surface area contributed by atoms with Gasteiger partial charge in [0, 0.05) is 20.0 Å². The normalized spacial score (nSPS) is 9.72. The molecule has 0 radical (unpaired) electrons. The Labute approximate surface area is 104 Å². The van der Waals surface area contributed by atoms with Crippen molar-refractivity contribution in [1.82, 2.24) is 10.6 Å². The van der Waals surface area contributed by atoms with E-state index in [4.69, 9.17) is 5.84 Å². The van der Waals surface area contributed by atoms with Crippen LogP contribution in [0.2, 0.25) is 0 Å². The first-order chi connectivity index (χ1) is 8.60. The number of carbonyl (C=O) groups excluding carboxylic acids is 2. The number of amides is 2. The fourth-order valence-corrected chi connectivity index (χ4v) is 1.37. The SMILES string of the molecule is CNC(=O)CCNC(=O)c1cccc(F)c1NN. The van der Waals surface area contributed by atoms with Gasteiger partial charge in [0.15, 0.2) is 0 Å². The van der Waals surface area contributed by atoms with Crippen LogP contribution in [0.1, 0.15) is 16.8 Å². The zero-order valence-electron chi connectivity index (χ0n) is 9.92. The van der Waals surface area contributed by atoms with Crippen molar-refractivity contribution in [1.29, 1.82) is 0 Å². The standard InChI is InChI=1S/C11H15FN4O2/c1-14-9(17)5-6-15-11(18)7-3-2-4-8(12)10(7)16-13/h2-4,16H,5-6,13H2,1H3,(H,14,17)(H,15,18). The molecule has 0 spiro atoms. The van der Waals surface area contributed by atoms with E-state index in [-0.39, 0.29) is 30.1 Å². The van der Waals surface area contributed by atoms with Crippen molar-refractivity contribution in [2.45, 2.75) is 6.42 Å². The third-order valence-electron chi connectivity index (χ3n) is 2.32. The summed E-state index contributed by atoms with van der Waals surface area (Å²) in [5.74, 6) is 3.86. The first-order valence-electron chi connectivity index (χ1n) is 5.34. The molecule has 0 aliphatic carbocycles. The average molecular weight is 254 g/mol. The van der Waals surface area contributed by atoms with Crippen molar-refractivity contribution in [3.63, 3.8) is 0 Å². The molecule has 2 amide bonds. The fraction of sp³-hybridized carbons (Fsp3) is 0.273. The Balaban J connectivity index is 2.67. The van der Waals surface area contributed by atoms with Crippen molar-refractivity contribution >= 4 is 17.5 Å². The minimum atomic E-state index is -0.614. The maximum Gasteiger partial charge on any atom is 0.253 e. The predicted molar refractivity (Wildman–Crippen MR) is 65.2 cm³/mol. The molecule has 0 fully saturated rings. The van der Waals surface area contributed by atoms with Crippen LogP contribution in [0.4, 0.5) is 10.1 Å². The number of nitrogens with one attached hydrogen (secondary N) is 3. The fourth-order valence-electron chi connectivity index (χ4n) is 1.37. The molecule has 1 aromatic rings. The number of para-hydroxylation sites is 1. The van der Waals surface area contributed by atoms with Gasteiger partial charge in [-0.3, -0.25) is 15.4 Å². The molecule has 1 rings (SSSR count). The van der Waals surface area contributed by atoms with Gasteiger partial charge in [-0.05, 0) is 12.1 Å². The summed E-state index contributed by atoms with van der Waals surface area (Å²) in [5, 5.41) is 4.93. The number of rotatable bonds is 5. The highest BCUT2D eigenvalue weighted by atomic mass is 19.1. The lowest BCUT2D eigenvalue weighted by Gasteiger charge is -2.10. The van der Waals surface area contributed by atoms with Crippen molar-refractivity contribution in [3.05, 3.63) is 29.6 Å². The van der Waals surface area contributed by atoms with Gasteiger partial charge in [0.1, 0.15) is 5.82 Å². The Morgan fingerprint density at radius 1 is 1.39 bits per heavy atom. The van der Waals surface area contributed by atoms with Crippen molar-refractivity contribution in [3.8, 4) is 0 Å². The molecule has 0 aliphatic rings.